The van der Waals surface area contributed by atoms with E-state index in [9.17, 15) is 4.79 Å². The molecule has 1 saturated heterocycles. The van der Waals surface area contributed by atoms with E-state index in [1.807, 2.05) is 34.6 Å². The van der Waals surface area contributed by atoms with Crippen LogP contribution in [0.3, 0.4) is 0 Å². The highest BCUT2D eigenvalue weighted by molar-refractivity contribution is 5.84. The molecular weight excluding hydrogens is 168 g/mol. The number of carbonyl (C=O) groups is 1. The summed E-state index contributed by atoms with van der Waals surface area (Å²) < 4.78 is 10.6. The van der Waals surface area contributed by atoms with Crippen LogP contribution in [0.2, 0.25) is 0 Å². The molecule has 0 bridgehead atoms. The van der Waals surface area contributed by atoms with Crippen LogP contribution in [0.15, 0.2) is 0 Å². The first kappa shape index (κ1) is 10.5. The van der Waals surface area contributed by atoms with Crippen LogP contribution >= 0.6 is 0 Å². The van der Waals surface area contributed by atoms with Gasteiger partial charge in [-0.15, -0.1) is 0 Å². The van der Waals surface area contributed by atoms with Crippen LogP contribution in [-0.4, -0.2) is 22.8 Å². The highest BCUT2D eigenvalue weighted by atomic mass is 16.7. The summed E-state index contributed by atoms with van der Waals surface area (Å²) in [6.07, 6.45) is 0. The Morgan fingerprint density at radius 2 is 1.62 bits per heavy atom. The van der Waals surface area contributed by atoms with Gasteiger partial charge in [0, 0.05) is 0 Å². The van der Waals surface area contributed by atoms with Gasteiger partial charge >= 0.3 is 5.97 Å². The maximum absolute atomic E-state index is 11.6. The summed E-state index contributed by atoms with van der Waals surface area (Å²) >= 11 is 0. The van der Waals surface area contributed by atoms with E-state index in [0.29, 0.717) is 0 Å². The monoisotopic (exact) mass is 186 g/mol. The molecule has 1 aliphatic heterocycles. The average molecular weight is 186 g/mol. The second-order valence-electron chi connectivity index (χ2n) is 5.15. The van der Waals surface area contributed by atoms with E-state index in [1.165, 1.54) is 0 Å². The summed E-state index contributed by atoms with van der Waals surface area (Å²) in [4.78, 5) is 11.6. The van der Waals surface area contributed by atoms with Gasteiger partial charge in [-0.25, -0.2) is 4.79 Å². The molecule has 13 heavy (non-hydrogen) atoms. The number of epoxide rings is 1. The summed E-state index contributed by atoms with van der Waals surface area (Å²) in [5.74, 6) is -0.273. The van der Waals surface area contributed by atoms with Gasteiger partial charge in [0.25, 0.3) is 0 Å². The number of hydrogen-bond acceptors (Lipinski definition) is 3. The molecule has 1 fully saturated rings. The van der Waals surface area contributed by atoms with Crippen LogP contribution in [0.25, 0.3) is 0 Å². The van der Waals surface area contributed by atoms with E-state index in [2.05, 4.69) is 0 Å². The van der Waals surface area contributed by atoms with E-state index in [-0.39, 0.29) is 11.6 Å². The molecule has 0 N–H and O–H groups in total. The van der Waals surface area contributed by atoms with Crippen LogP contribution < -0.4 is 0 Å². The molecule has 0 spiro atoms. The lowest BCUT2D eigenvalue weighted by Crippen LogP contribution is -2.35. The van der Waals surface area contributed by atoms with Crippen LogP contribution in [0.5, 0.6) is 0 Å². The van der Waals surface area contributed by atoms with E-state index < -0.39 is 11.2 Å². The average Bonchev–Trinajstić information content (AvgIpc) is 2.29. The highest BCUT2D eigenvalue weighted by Gasteiger charge is 2.67. The fraction of sp³-hybridized carbons (Fsp3) is 0.900. The van der Waals surface area contributed by atoms with Crippen molar-refractivity contribution >= 4 is 5.97 Å². The topological polar surface area (TPSA) is 38.8 Å². The van der Waals surface area contributed by atoms with Crippen LogP contribution in [0, 0.1) is 0 Å². The molecule has 1 rings (SSSR count). The van der Waals surface area contributed by atoms with E-state index in [1.54, 1.807) is 6.92 Å². The molecule has 1 aliphatic rings. The lowest BCUT2D eigenvalue weighted by molar-refractivity contribution is -0.160. The van der Waals surface area contributed by atoms with Crippen molar-refractivity contribution in [2.75, 3.05) is 0 Å². The second-order valence-corrected chi connectivity index (χ2v) is 5.15. The Bertz CT molecular complexity index is 237. The smallest absolute Gasteiger partial charge is 0.341 e. The molecule has 0 amide bonds. The molecule has 1 atom stereocenters. The third kappa shape index (κ3) is 1.85. The Kier molecular flexibility index (Phi) is 2.00. The minimum atomic E-state index is -0.750. The molecule has 0 aliphatic carbocycles. The predicted octanol–water partition coefficient (Wildman–Crippen LogP) is 1.90. The lowest BCUT2D eigenvalue weighted by atomic mass is 9.98. The van der Waals surface area contributed by atoms with Gasteiger partial charge in [0.05, 0.1) is 0 Å². The second kappa shape index (κ2) is 2.47. The van der Waals surface area contributed by atoms with Crippen molar-refractivity contribution in [3.05, 3.63) is 0 Å². The zero-order valence-corrected chi connectivity index (χ0v) is 9.22. The molecule has 3 heteroatoms. The molecule has 0 saturated carbocycles. The molecule has 1 unspecified atom stereocenters. The summed E-state index contributed by atoms with van der Waals surface area (Å²) in [5.41, 5.74) is -1.57. The minimum Gasteiger partial charge on any atom is -0.458 e. The first-order valence-electron chi connectivity index (χ1n) is 4.52. The van der Waals surface area contributed by atoms with Crippen molar-refractivity contribution in [3.8, 4) is 0 Å². The van der Waals surface area contributed by atoms with Crippen LogP contribution in [0.4, 0.5) is 0 Å². The quantitative estimate of drug-likeness (QED) is 0.463. The Labute approximate surface area is 79.4 Å². The van der Waals surface area contributed by atoms with Crippen molar-refractivity contribution in [1.82, 2.24) is 0 Å². The molecule has 0 radical (unpaired) electrons. The van der Waals surface area contributed by atoms with Crippen molar-refractivity contribution in [3.63, 3.8) is 0 Å². The van der Waals surface area contributed by atoms with E-state index in [0.717, 1.165) is 0 Å². The molecule has 0 aromatic carbocycles. The lowest BCUT2D eigenvalue weighted by Gasteiger charge is -2.21. The van der Waals surface area contributed by atoms with Gasteiger partial charge in [-0.3, -0.25) is 0 Å². The van der Waals surface area contributed by atoms with Gasteiger partial charge < -0.3 is 9.47 Å². The van der Waals surface area contributed by atoms with Gasteiger partial charge in [-0.1, -0.05) is 0 Å². The van der Waals surface area contributed by atoms with Crippen LogP contribution in [-0.2, 0) is 14.3 Å². The molecule has 3 nitrogen and oxygen atoms in total. The van der Waals surface area contributed by atoms with Crippen LogP contribution in [0.1, 0.15) is 41.5 Å². The van der Waals surface area contributed by atoms with Crippen molar-refractivity contribution in [1.29, 1.82) is 0 Å². The zero-order valence-electron chi connectivity index (χ0n) is 9.22. The SMILES string of the molecule is CC(C)(C)OC(=O)C1(C)OC1(C)C. The van der Waals surface area contributed by atoms with Gasteiger partial charge in [0.15, 0.2) is 5.60 Å². The van der Waals surface area contributed by atoms with Crippen molar-refractivity contribution in [2.45, 2.75) is 58.3 Å². The predicted molar refractivity (Wildman–Crippen MR) is 49.4 cm³/mol. The third-order valence-electron chi connectivity index (χ3n) is 2.35. The number of esters is 1. The number of carbonyl (C=O) groups excluding carboxylic acids is 1. The molecule has 76 valence electrons. The summed E-state index contributed by atoms with van der Waals surface area (Å²) in [6.45, 7) is 11.1. The maximum atomic E-state index is 11.6. The van der Waals surface area contributed by atoms with Gasteiger partial charge in [0.1, 0.15) is 11.2 Å². The van der Waals surface area contributed by atoms with Gasteiger partial charge in [-0.05, 0) is 41.5 Å². The zero-order chi connectivity index (χ0) is 10.5. The molecule has 0 aromatic rings. The third-order valence-corrected chi connectivity index (χ3v) is 2.35. The summed E-state index contributed by atoms with van der Waals surface area (Å²) in [6, 6.07) is 0. The summed E-state index contributed by atoms with van der Waals surface area (Å²) in [7, 11) is 0. The fourth-order valence-corrected chi connectivity index (χ4v) is 1.15. The first-order valence-corrected chi connectivity index (χ1v) is 4.52. The minimum absolute atomic E-state index is 0.273. The van der Waals surface area contributed by atoms with E-state index >= 15 is 0 Å². The number of ether oxygens (including phenoxy) is 2. The standard InChI is InChI=1S/C10H18O3/c1-8(2,3)12-7(11)10(6)9(4,5)13-10/h1-6H3. The normalized spacial score (nSPS) is 31.2. The largest absolute Gasteiger partial charge is 0.458 e. The molecule has 0 aromatic heterocycles. The highest BCUT2D eigenvalue weighted by Crippen LogP contribution is 2.48. The molecular formula is C10H18O3. The maximum Gasteiger partial charge on any atom is 0.341 e. The van der Waals surface area contributed by atoms with E-state index in [4.69, 9.17) is 9.47 Å². The van der Waals surface area contributed by atoms with Gasteiger partial charge in [0.2, 0.25) is 0 Å². The Morgan fingerprint density at radius 3 is 1.85 bits per heavy atom. The molecule has 1 heterocycles. The Hall–Kier alpha value is -0.570. The fourth-order valence-electron chi connectivity index (χ4n) is 1.15. The summed E-state index contributed by atoms with van der Waals surface area (Å²) in [5, 5.41) is 0. The number of rotatable bonds is 1. The Balaban J connectivity index is 2.62. The Morgan fingerprint density at radius 1 is 1.23 bits per heavy atom. The first-order chi connectivity index (χ1) is 5.58. The van der Waals surface area contributed by atoms with Crippen molar-refractivity contribution < 1.29 is 14.3 Å². The van der Waals surface area contributed by atoms with Crippen molar-refractivity contribution in [2.24, 2.45) is 0 Å². The van der Waals surface area contributed by atoms with Gasteiger partial charge in [-0.2, -0.15) is 0 Å². The number of hydrogen-bond donors (Lipinski definition) is 0.